The molecule has 2 aromatic heterocycles. The highest BCUT2D eigenvalue weighted by molar-refractivity contribution is 7.38. The molecule has 180 valence electrons. The summed E-state index contributed by atoms with van der Waals surface area (Å²) in [5.74, 6) is -0.169. The summed E-state index contributed by atoms with van der Waals surface area (Å²) in [6.07, 6.45) is 3.15. The van der Waals surface area contributed by atoms with Crippen LogP contribution in [0, 0.1) is 6.92 Å². The van der Waals surface area contributed by atoms with Crippen LogP contribution >= 0.6 is 29.8 Å². The molecule has 1 aromatic carbocycles. The van der Waals surface area contributed by atoms with Gasteiger partial charge in [0.25, 0.3) is 0 Å². The van der Waals surface area contributed by atoms with Crippen LogP contribution in [0.4, 0.5) is 4.39 Å². The Hall–Kier alpha value is -1.91. The van der Waals surface area contributed by atoms with Crippen molar-refractivity contribution in [2.75, 3.05) is 6.54 Å². The van der Waals surface area contributed by atoms with Crippen LogP contribution in [0.2, 0.25) is 0 Å². The second-order valence-electron chi connectivity index (χ2n) is 9.47. The maximum absolute atomic E-state index is 15.3. The molecule has 0 saturated carbocycles. The number of hydrogen-bond donors (Lipinski definition) is 1. The quantitative estimate of drug-likeness (QED) is 0.362. The van der Waals surface area contributed by atoms with E-state index < -0.39 is 10.8 Å². The Bertz CT molecular complexity index is 1240. The summed E-state index contributed by atoms with van der Waals surface area (Å²) in [6, 6.07) is 10.1. The number of thiophene rings is 1. The molecule has 0 saturated heterocycles. The van der Waals surface area contributed by atoms with E-state index >= 15 is 4.39 Å². The second-order valence-corrected chi connectivity index (χ2v) is 13.2. The van der Waals surface area contributed by atoms with Gasteiger partial charge in [0.2, 0.25) is 5.91 Å². The first kappa shape index (κ1) is 25.2. The van der Waals surface area contributed by atoms with Gasteiger partial charge >= 0.3 is 0 Å². The number of aryl methyl sites for hydroxylation is 1. The average Bonchev–Trinajstić information content (AvgIpc) is 3.33. The minimum atomic E-state index is -1.84. The number of nitrogens with zero attached hydrogens (tertiary/aromatic N) is 3. The Balaban J connectivity index is 1.88. The van der Waals surface area contributed by atoms with Crippen molar-refractivity contribution in [3.63, 3.8) is 0 Å². The fourth-order valence-electron chi connectivity index (χ4n) is 4.55. The van der Waals surface area contributed by atoms with Crippen molar-refractivity contribution in [3.05, 3.63) is 75.8 Å². The van der Waals surface area contributed by atoms with Crippen LogP contribution < -0.4 is 0 Å². The summed E-state index contributed by atoms with van der Waals surface area (Å²) in [5, 5.41) is 13.0. The van der Waals surface area contributed by atoms with E-state index in [1.807, 2.05) is 29.2 Å². The second kappa shape index (κ2) is 9.28. The molecule has 34 heavy (non-hydrogen) atoms. The Morgan fingerprint density at radius 3 is 2.68 bits per heavy atom. The van der Waals surface area contributed by atoms with Crippen LogP contribution in [0.5, 0.6) is 0 Å². The molecule has 0 bridgehead atoms. The standard InChI is InChI=1S/C25H30FN3O2P2S/c1-5-22(30)28-11-19(18-10-15(2)34-21(18)13-28)16-8-6-7-9-17(16)20-12-29(14-24(3,4)31)27-23(20)25(26,32)33/h5-10,12,19,31H,1,11,13-14,32-33H2,2-4H3. The van der Waals surface area contributed by atoms with E-state index in [1.54, 1.807) is 36.1 Å². The van der Waals surface area contributed by atoms with Crippen LogP contribution in [0.15, 0.2) is 49.2 Å². The lowest BCUT2D eigenvalue weighted by Gasteiger charge is -2.33. The number of fused-ring (bicyclic) bond motifs is 1. The van der Waals surface area contributed by atoms with Gasteiger partial charge in [0.05, 0.1) is 18.7 Å². The molecule has 3 heterocycles. The van der Waals surface area contributed by atoms with Gasteiger partial charge in [-0.2, -0.15) is 5.10 Å². The van der Waals surface area contributed by atoms with Crippen LogP contribution in [-0.2, 0) is 23.0 Å². The van der Waals surface area contributed by atoms with Gasteiger partial charge in [0.15, 0.2) is 5.15 Å². The molecule has 0 spiro atoms. The third kappa shape index (κ3) is 5.18. The van der Waals surface area contributed by atoms with E-state index in [4.69, 9.17) is 0 Å². The highest BCUT2D eigenvalue weighted by atomic mass is 32.1. The summed E-state index contributed by atoms with van der Waals surface area (Å²) in [6.45, 7) is 10.4. The number of hydrogen-bond acceptors (Lipinski definition) is 4. The van der Waals surface area contributed by atoms with Crippen LogP contribution in [0.1, 0.15) is 46.3 Å². The molecule has 3 atom stereocenters. The molecule has 0 fully saturated rings. The van der Waals surface area contributed by atoms with Crippen LogP contribution in [0.3, 0.4) is 0 Å². The fourth-order valence-corrected chi connectivity index (χ4v) is 6.09. The average molecular weight is 518 g/mol. The van der Waals surface area contributed by atoms with Gasteiger partial charge in [-0.3, -0.25) is 9.48 Å². The van der Waals surface area contributed by atoms with Crippen molar-refractivity contribution in [1.29, 1.82) is 0 Å². The molecular formula is C25H30FN3O2P2S. The molecule has 1 aliphatic heterocycles. The lowest BCUT2D eigenvalue weighted by molar-refractivity contribution is -0.127. The first-order valence-electron chi connectivity index (χ1n) is 11.0. The van der Waals surface area contributed by atoms with E-state index in [0.717, 1.165) is 16.0 Å². The maximum atomic E-state index is 15.3. The maximum Gasteiger partial charge on any atom is 0.246 e. The lowest BCUT2D eigenvalue weighted by atomic mass is 9.83. The largest absolute Gasteiger partial charge is 0.389 e. The van der Waals surface area contributed by atoms with Crippen molar-refractivity contribution < 1.29 is 14.3 Å². The Labute approximate surface area is 208 Å². The van der Waals surface area contributed by atoms with E-state index in [9.17, 15) is 9.90 Å². The van der Waals surface area contributed by atoms with Gasteiger partial charge in [0, 0.05) is 34.0 Å². The van der Waals surface area contributed by atoms with Gasteiger partial charge in [-0.15, -0.1) is 11.3 Å². The third-order valence-corrected chi connectivity index (χ3v) is 7.46. The number of amides is 1. The van der Waals surface area contributed by atoms with Gasteiger partial charge in [-0.05, 0) is 49.6 Å². The van der Waals surface area contributed by atoms with Gasteiger partial charge < -0.3 is 10.0 Å². The van der Waals surface area contributed by atoms with Crippen LogP contribution in [-0.4, -0.2) is 37.8 Å². The van der Waals surface area contributed by atoms with Crippen molar-refractivity contribution >= 4 is 35.7 Å². The molecular weight excluding hydrogens is 487 g/mol. The van der Waals surface area contributed by atoms with Crippen LogP contribution in [0.25, 0.3) is 11.1 Å². The number of aliphatic hydroxyl groups is 1. The summed E-state index contributed by atoms with van der Waals surface area (Å²) in [4.78, 5) is 16.7. The number of aromatic nitrogens is 2. The highest BCUT2D eigenvalue weighted by Gasteiger charge is 2.34. The van der Waals surface area contributed by atoms with Gasteiger partial charge in [-0.1, -0.05) is 49.3 Å². The van der Waals surface area contributed by atoms with E-state index in [1.165, 1.54) is 16.5 Å². The zero-order valence-corrected chi connectivity index (χ0v) is 22.7. The third-order valence-electron chi connectivity index (χ3n) is 5.86. The minimum absolute atomic E-state index is 0.0673. The van der Waals surface area contributed by atoms with Crippen molar-refractivity contribution in [3.8, 4) is 11.1 Å². The number of carbonyl (C=O) groups is 1. The number of halogens is 1. The molecule has 5 nitrogen and oxygen atoms in total. The van der Waals surface area contributed by atoms with E-state index in [2.05, 4.69) is 43.1 Å². The zero-order valence-electron chi connectivity index (χ0n) is 19.6. The Morgan fingerprint density at radius 1 is 1.32 bits per heavy atom. The highest BCUT2D eigenvalue weighted by Crippen LogP contribution is 2.47. The minimum Gasteiger partial charge on any atom is -0.389 e. The number of benzene rings is 1. The monoisotopic (exact) mass is 517 g/mol. The molecule has 1 amide bonds. The van der Waals surface area contributed by atoms with Crippen molar-refractivity contribution in [2.24, 2.45) is 0 Å². The number of carbonyl (C=O) groups excluding carboxylic acids is 1. The Kier molecular flexibility index (Phi) is 6.87. The zero-order chi connectivity index (χ0) is 24.8. The summed E-state index contributed by atoms with van der Waals surface area (Å²) >= 11 is 1.70. The Morgan fingerprint density at radius 2 is 2.03 bits per heavy atom. The fraction of sp³-hybridized carbons (Fsp3) is 0.360. The molecule has 1 N–H and O–H groups in total. The SMILES string of the molecule is C=CC(=O)N1Cc2sc(C)cc2C(c2ccccc2-c2cn(CC(C)(C)O)nc2C(F)(P)P)C1. The van der Waals surface area contributed by atoms with Crippen molar-refractivity contribution in [2.45, 2.75) is 50.5 Å². The topological polar surface area (TPSA) is 58.4 Å². The summed E-state index contributed by atoms with van der Waals surface area (Å²) in [7, 11) is 4.39. The predicted octanol–water partition coefficient (Wildman–Crippen LogP) is 5.18. The van der Waals surface area contributed by atoms with Gasteiger partial charge in [-0.25, -0.2) is 4.39 Å². The number of rotatable bonds is 6. The summed E-state index contributed by atoms with van der Waals surface area (Å²) in [5.41, 5.74) is 2.99. The molecule has 4 rings (SSSR count). The molecule has 1 aliphatic rings. The first-order valence-corrected chi connectivity index (χ1v) is 13.0. The smallest absolute Gasteiger partial charge is 0.246 e. The predicted molar refractivity (Wildman–Crippen MR) is 143 cm³/mol. The molecule has 0 aliphatic carbocycles. The van der Waals surface area contributed by atoms with E-state index in [-0.39, 0.29) is 24.1 Å². The normalized spacial score (nSPS) is 16.4. The van der Waals surface area contributed by atoms with E-state index in [0.29, 0.717) is 18.7 Å². The molecule has 3 unspecified atom stereocenters. The molecule has 3 aromatic rings. The first-order chi connectivity index (χ1) is 15.9. The van der Waals surface area contributed by atoms with Gasteiger partial charge in [0.1, 0.15) is 5.69 Å². The lowest BCUT2D eigenvalue weighted by Crippen LogP contribution is -2.37. The number of alkyl halides is 1. The molecule has 0 radical (unpaired) electrons. The summed E-state index contributed by atoms with van der Waals surface area (Å²) < 4.78 is 16.9. The van der Waals surface area contributed by atoms with Crippen molar-refractivity contribution in [1.82, 2.24) is 14.7 Å². The molecule has 9 heteroatoms.